The van der Waals surface area contributed by atoms with Gasteiger partial charge < -0.3 is 5.11 Å². The number of aromatic nitrogens is 3. The zero-order chi connectivity index (χ0) is 75.6. The number of rotatable bonds is 8. The van der Waals surface area contributed by atoms with Gasteiger partial charge in [0.1, 0.15) is 11.6 Å². The number of nitrogens with zero attached hydrogens (tertiary/aromatic N) is 3. The van der Waals surface area contributed by atoms with Crippen molar-refractivity contribution in [2.75, 3.05) is 0 Å². The van der Waals surface area contributed by atoms with Gasteiger partial charge >= 0.3 is 0 Å². The summed E-state index contributed by atoms with van der Waals surface area (Å²) < 4.78 is 291. The highest BCUT2D eigenvalue weighted by molar-refractivity contribution is 5.97. The van der Waals surface area contributed by atoms with Gasteiger partial charge in [-0.25, -0.2) is 4.98 Å². The van der Waals surface area contributed by atoms with Gasteiger partial charge in [-0.1, -0.05) is 168 Å². The lowest BCUT2D eigenvalue weighted by Gasteiger charge is -2.27. The summed E-state index contributed by atoms with van der Waals surface area (Å²) in [5.41, 5.74) is -16.2. The van der Waals surface area contributed by atoms with Crippen LogP contribution in [0.4, 0.5) is 0 Å². The number of aryl methyl sites for hydroxylation is 1. The van der Waals surface area contributed by atoms with Crippen molar-refractivity contribution in [1.82, 2.24) is 14.5 Å². The van der Waals surface area contributed by atoms with Gasteiger partial charge in [0.2, 0.25) is 0 Å². The lowest BCUT2D eigenvalue weighted by molar-refractivity contribution is 0.446. The van der Waals surface area contributed by atoms with Crippen molar-refractivity contribution in [2.24, 2.45) is 0 Å². The van der Waals surface area contributed by atoms with E-state index >= 15 is 0 Å². The molecule has 0 unspecified atom stereocenters. The highest BCUT2D eigenvalue weighted by Crippen LogP contribution is 2.45. The van der Waals surface area contributed by atoms with Gasteiger partial charge in [0.05, 0.1) is 37.6 Å². The van der Waals surface area contributed by atoms with E-state index in [0.717, 1.165) is 4.57 Å². The monoisotopic (exact) mass is 905 g/mol. The molecule has 0 spiro atoms. The summed E-state index contributed by atoms with van der Waals surface area (Å²) in [5, 5.41) is 13.1. The van der Waals surface area contributed by atoms with Crippen molar-refractivity contribution in [3.8, 4) is 67.5 Å². The molecule has 4 heteroatoms. The van der Waals surface area contributed by atoms with Gasteiger partial charge in [0, 0.05) is 58.5 Å². The third kappa shape index (κ3) is 9.12. The Morgan fingerprint density at radius 1 is 0.621 bits per heavy atom. The summed E-state index contributed by atoms with van der Waals surface area (Å²) in [5.74, 6) is -5.07. The molecule has 1 N–H and O–H groups in total. The quantitative estimate of drug-likeness (QED) is 0.165. The first-order valence-corrected chi connectivity index (χ1v) is 20.9. The van der Waals surface area contributed by atoms with E-state index in [9.17, 15) is 10.6 Å². The van der Waals surface area contributed by atoms with Crippen LogP contribution in [0.25, 0.3) is 72.7 Å². The molecule has 338 valence electrons. The third-order valence-electron chi connectivity index (χ3n) is 11.4. The maximum absolute atomic E-state index is 13.1. The molecular weight excluding hydrogens is 803 g/mol. The van der Waals surface area contributed by atoms with Crippen molar-refractivity contribution in [2.45, 2.75) is 131 Å². The molecule has 0 fully saturated rings. The number of phenolic OH excluding ortho intramolecular Hbond substituents is 1. The zero-order valence-electron chi connectivity index (χ0n) is 70.4. The molecule has 0 aliphatic carbocycles. The predicted molar refractivity (Wildman–Crippen MR) is 281 cm³/mol. The Kier molecular flexibility index (Phi) is 5.40. The summed E-state index contributed by atoms with van der Waals surface area (Å²) >= 11 is 0. The van der Waals surface area contributed by atoms with Gasteiger partial charge in [0.25, 0.3) is 0 Å². The SMILES string of the molecule is [2H]c1nc(-c2cc(-c3cccc4c3nc(-c3cc(C(C([2H])([2H])[2H])(C([2H])([2H])[2H])C([2H])([2H])[2H])cc(C(C([2H])([2H])[2H])(C([2H])([2H])[2H])C([2H])([2H])[2H])c3O)n4-c3ccc(-c4cc(C([2H])(C)C)cc(C([2H])(C)C)c4)cc3C([2H])([2H])[2H])cc(C(C)(C)C)c2)c([2H])c(-c2c([2H])c([2H])c(C([2H])([2H])[2H])c([2H])c2[2H])c1[2H]. The lowest BCUT2D eigenvalue weighted by Crippen LogP contribution is -2.17. The van der Waals surface area contributed by atoms with Crippen molar-refractivity contribution < 1.29 is 50.3 Å². The highest BCUT2D eigenvalue weighted by atomic mass is 16.3. The number of benzene rings is 6. The molecule has 4 nitrogen and oxygen atoms in total. The van der Waals surface area contributed by atoms with Gasteiger partial charge in [-0.05, 0) is 146 Å². The fourth-order valence-corrected chi connectivity index (χ4v) is 7.72. The second-order valence-electron chi connectivity index (χ2n) is 17.9. The maximum atomic E-state index is 13.1. The van der Waals surface area contributed by atoms with Crippen molar-refractivity contribution in [1.29, 1.82) is 0 Å². The van der Waals surface area contributed by atoms with Crippen LogP contribution in [0.2, 0.25) is 0 Å². The van der Waals surface area contributed by atoms with E-state index in [-0.39, 0.29) is 39.4 Å². The van der Waals surface area contributed by atoms with E-state index in [4.69, 9.17) is 44.7 Å². The average Bonchev–Trinajstić information content (AvgIpc) is 1.24. The van der Waals surface area contributed by atoms with E-state index in [0.29, 0.717) is 28.3 Å². The van der Waals surface area contributed by atoms with E-state index < -0.39 is 187 Å². The van der Waals surface area contributed by atoms with Crippen LogP contribution in [0, 0.1) is 13.7 Å². The molecule has 0 atom stereocenters. The molecule has 0 saturated heterocycles. The van der Waals surface area contributed by atoms with Crippen molar-refractivity contribution in [3.63, 3.8) is 0 Å². The molecule has 0 amide bonds. The van der Waals surface area contributed by atoms with Gasteiger partial charge in [-0.2, -0.15) is 0 Å². The standard InChI is InChI=1S/C62H69N3O/c1-37(2)44-28-45(38(3)4)30-46(29-44)42-23-24-55(40(6)27-42)65-56-18-16-17-51(57(56)64-59(65)52-35-50(61(10,11)12)36-53(58(52)66)62(13,14)15)47-31-48(33-49(32-47)60(7,8)9)54-34-43(25-26-63-54)41-21-19-39(5)20-22-41/h16-38,66H,1-15H3/i5D3,6D3,10D3,11D3,12D3,13D3,14D3,15D3,19D,20D,21D,22D,25D,26D,34D,37D,38D. The van der Waals surface area contributed by atoms with Crippen molar-refractivity contribution >= 4 is 11.0 Å². The minimum absolute atomic E-state index is 0.00146. The highest BCUT2D eigenvalue weighted by Gasteiger charge is 2.29. The molecule has 8 rings (SSSR count). The number of imidazole rings is 1. The molecule has 0 saturated carbocycles. The fourth-order valence-electron chi connectivity index (χ4n) is 7.72. The molecule has 6 aromatic carbocycles. The smallest absolute Gasteiger partial charge is 0.149 e. The number of hydrogen-bond donors (Lipinski definition) is 1. The molecule has 0 bridgehead atoms. The molecule has 8 aromatic rings. The first-order valence-electron chi connectivity index (χ1n) is 37.4. The Morgan fingerprint density at radius 3 is 1.97 bits per heavy atom. The Hall–Kier alpha value is -6.26. The molecule has 0 aliphatic rings. The first-order chi connectivity index (χ1) is 44.4. The van der Waals surface area contributed by atoms with Crippen molar-refractivity contribution in [3.05, 3.63) is 166 Å². The minimum Gasteiger partial charge on any atom is -0.507 e. The van der Waals surface area contributed by atoms with Crippen LogP contribution in [0.5, 0.6) is 5.75 Å². The molecule has 2 aromatic heterocycles. The zero-order valence-corrected chi connectivity index (χ0v) is 37.4. The number of hydrogen-bond acceptors (Lipinski definition) is 3. The summed E-state index contributed by atoms with van der Waals surface area (Å²) in [6.45, 7) is -20.5. The van der Waals surface area contributed by atoms with Crippen LogP contribution < -0.4 is 0 Å². The summed E-state index contributed by atoms with van der Waals surface area (Å²) in [6, 6.07) is 12.6. The number of para-hydroxylation sites is 1. The van der Waals surface area contributed by atoms with Crippen LogP contribution in [0.3, 0.4) is 0 Å². The number of pyridine rings is 1. The number of phenols is 1. The Bertz CT molecular complexity index is 4400. The van der Waals surface area contributed by atoms with E-state index in [1.54, 1.807) is 72.7 Å². The molecule has 0 aliphatic heterocycles. The first kappa shape index (κ1) is 20.7. The summed E-state index contributed by atoms with van der Waals surface area (Å²) in [6.07, 6.45) is -0.842. The largest absolute Gasteiger partial charge is 0.507 e. The maximum Gasteiger partial charge on any atom is 0.149 e. The van der Waals surface area contributed by atoms with Crippen LogP contribution in [-0.2, 0) is 16.2 Å². The van der Waals surface area contributed by atoms with Gasteiger partial charge in [0.15, 0.2) is 0 Å². The normalized spacial score (nSPS) is 21.7. The van der Waals surface area contributed by atoms with E-state index in [1.165, 1.54) is 48.5 Å². The topological polar surface area (TPSA) is 50.9 Å². The molecular formula is C62H69N3O. The summed E-state index contributed by atoms with van der Waals surface area (Å²) in [7, 11) is 0. The van der Waals surface area contributed by atoms with Crippen LogP contribution >= 0.6 is 0 Å². The lowest BCUT2D eigenvalue weighted by atomic mass is 9.79. The average molecular weight is 905 g/mol. The Morgan fingerprint density at radius 2 is 1.32 bits per heavy atom. The number of fused-ring (bicyclic) bond motifs is 1. The fraction of sp³-hybridized carbons (Fsp3) is 0.323. The second-order valence-corrected chi connectivity index (χ2v) is 17.9. The second kappa shape index (κ2) is 17.2. The molecule has 2 heterocycles. The van der Waals surface area contributed by atoms with Crippen LogP contribution in [0.1, 0.15) is 186 Å². The van der Waals surface area contributed by atoms with Gasteiger partial charge in [-0.15, -0.1) is 0 Å². The Labute approximate surface area is 441 Å². The van der Waals surface area contributed by atoms with E-state index in [2.05, 4.69) is 4.98 Å². The Balaban J connectivity index is 1.65. The molecule has 0 radical (unpaired) electrons. The van der Waals surface area contributed by atoms with Crippen LogP contribution in [0.15, 0.2) is 127 Å². The van der Waals surface area contributed by atoms with E-state index in [1.807, 2.05) is 0 Å². The minimum atomic E-state index is -4.38. The summed E-state index contributed by atoms with van der Waals surface area (Å²) in [4.78, 5) is 9.25. The number of aromatic hydroxyl groups is 1. The van der Waals surface area contributed by atoms with Crippen LogP contribution in [-0.4, -0.2) is 19.6 Å². The predicted octanol–water partition coefficient (Wildman–Crippen LogP) is 17.2. The van der Waals surface area contributed by atoms with Gasteiger partial charge in [-0.3, -0.25) is 9.55 Å². The third-order valence-corrected chi connectivity index (χ3v) is 11.4. The molecule has 66 heavy (non-hydrogen) atoms.